The minimum atomic E-state index is -0.244. The summed E-state index contributed by atoms with van der Waals surface area (Å²) in [7, 11) is 1.81. The normalized spacial score (nSPS) is 10.9. The first-order valence-electron chi connectivity index (χ1n) is 11.1. The number of aromatic nitrogens is 3. The largest absolute Gasteiger partial charge is 0.483 e. The van der Waals surface area contributed by atoms with Gasteiger partial charge in [-0.25, -0.2) is 0 Å². The fourth-order valence-corrected chi connectivity index (χ4v) is 4.02. The Hall–Kier alpha value is -3.33. The maximum Gasteiger partial charge on any atom is 0.258 e. The Balaban J connectivity index is 1.47. The third-order valence-electron chi connectivity index (χ3n) is 5.15. The van der Waals surface area contributed by atoms with Crippen molar-refractivity contribution in [2.45, 2.75) is 45.3 Å². The highest BCUT2D eigenvalue weighted by Crippen LogP contribution is 2.27. The molecule has 0 spiro atoms. The average molecular weight is 482 g/mol. The van der Waals surface area contributed by atoms with Crippen molar-refractivity contribution < 1.29 is 14.3 Å². The zero-order valence-electron chi connectivity index (χ0n) is 20.2. The number of amides is 2. The first kappa shape index (κ1) is 25.3. The van der Waals surface area contributed by atoms with Crippen molar-refractivity contribution in [3.8, 4) is 5.75 Å². The highest BCUT2D eigenvalue weighted by molar-refractivity contribution is 7.99. The van der Waals surface area contributed by atoms with Gasteiger partial charge in [0.05, 0.1) is 12.3 Å². The molecular formula is C25H31N5O3S. The number of aryl methyl sites for hydroxylation is 2. The molecule has 1 heterocycles. The lowest BCUT2D eigenvalue weighted by Crippen LogP contribution is -2.29. The van der Waals surface area contributed by atoms with E-state index in [0.717, 1.165) is 28.1 Å². The van der Waals surface area contributed by atoms with Crippen LogP contribution in [0.5, 0.6) is 5.75 Å². The van der Waals surface area contributed by atoms with E-state index < -0.39 is 0 Å². The van der Waals surface area contributed by atoms with Crippen molar-refractivity contribution in [3.63, 3.8) is 0 Å². The molecule has 0 aliphatic carbocycles. The molecule has 3 rings (SSSR count). The molecule has 0 atom stereocenters. The van der Waals surface area contributed by atoms with Crippen LogP contribution in [0.2, 0.25) is 0 Å². The number of rotatable bonds is 10. The van der Waals surface area contributed by atoms with Gasteiger partial charge in [0.2, 0.25) is 5.91 Å². The van der Waals surface area contributed by atoms with Gasteiger partial charge in [-0.1, -0.05) is 49.9 Å². The number of carbonyl (C=O) groups excluding carboxylic acids is 2. The Kier molecular flexibility index (Phi) is 8.70. The summed E-state index contributed by atoms with van der Waals surface area (Å²) in [6, 6.07) is 13.7. The zero-order valence-corrected chi connectivity index (χ0v) is 21.0. The molecule has 9 heteroatoms. The number of hydrogen-bond acceptors (Lipinski definition) is 6. The Morgan fingerprint density at radius 1 is 1.06 bits per heavy atom. The van der Waals surface area contributed by atoms with Crippen molar-refractivity contribution in [1.82, 2.24) is 20.1 Å². The van der Waals surface area contributed by atoms with E-state index in [4.69, 9.17) is 4.74 Å². The second-order valence-electron chi connectivity index (χ2n) is 8.43. The van der Waals surface area contributed by atoms with Gasteiger partial charge in [-0.3, -0.25) is 9.59 Å². The van der Waals surface area contributed by atoms with Crippen LogP contribution in [0.1, 0.15) is 42.3 Å². The summed E-state index contributed by atoms with van der Waals surface area (Å²) in [6.07, 6.45) is 0. The lowest BCUT2D eigenvalue weighted by Gasteiger charge is -2.14. The smallest absolute Gasteiger partial charge is 0.258 e. The predicted molar refractivity (Wildman–Crippen MR) is 134 cm³/mol. The Labute approximate surface area is 204 Å². The van der Waals surface area contributed by atoms with E-state index in [0.29, 0.717) is 16.9 Å². The highest BCUT2D eigenvalue weighted by atomic mass is 32.2. The highest BCUT2D eigenvalue weighted by Gasteiger charge is 2.14. The summed E-state index contributed by atoms with van der Waals surface area (Å²) in [6.45, 7) is 8.28. The van der Waals surface area contributed by atoms with E-state index in [-0.39, 0.29) is 30.7 Å². The maximum atomic E-state index is 12.3. The van der Waals surface area contributed by atoms with E-state index >= 15 is 0 Å². The second kappa shape index (κ2) is 11.7. The molecule has 180 valence electrons. The molecule has 0 aliphatic rings. The van der Waals surface area contributed by atoms with Gasteiger partial charge in [0.25, 0.3) is 5.91 Å². The molecule has 0 saturated carbocycles. The topological polar surface area (TPSA) is 98.1 Å². The first-order chi connectivity index (χ1) is 16.2. The molecule has 0 unspecified atom stereocenters. The number of hydrogen-bond donors (Lipinski definition) is 2. The number of ether oxygens (including phenoxy) is 1. The standard InChI is InChI=1S/C25H31N5O3S/c1-16(2)20-10-9-18(4)12-21(20)33-14-23(31)26-13-22-28-29-25(30(22)5)34-15-24(32)27-19-8-6-7-17(3)11-19/h6-12,16H,13-15H2,1-5H3,(H,26,31)(H,27,32). The van der Waals surface area contributed by atoms with Crippen molar-refractivity contribution in [2.24, 2.45) is 7.05 Å². The van der Waals surface area contributed by atoms with Crippen LogP contribution < -0.4 is 15.4 Å². The Bertz CT molecular complexity index is 1160. The summed E-state index contributed by atoms with van der Waals surface area (Å²) in [5.74, 6) is 1.45. The quantitative estimate of drug-likeness (QED) is 0.425. The van der Waals surface area contributed by atoms with Crippen molar-refractivity contribution in [1.29, 1.82) is 0 Å². The number of anilines is 1. The molecule has 2 amide bonds. The van der Waals surface area contributed by atoms with E-state index in [1.807, 2.05) is 56.3 Å². The monoisotopic (exact) mass is 481 g/mol. The third-order valence-corrected chi connectivity index (χ3v) is 6.17. The molecule has 0 aliphatic heterocycles. The molecule has 34 heavy (non-hydrogen) atoms. The summed E-state index contributed by atoms with van der Waals surface area (Å²) in [5, 5.41) is 14.6. The Morgan fingerprint density at radius 3 is 2.56 bits per heavy atom. The second-order valence-corrected chi connectivity index (χ2v) is 9.37. The lowest BCUT2D eigenvalue weighted by molar-refractivity contribution is -0.123. The van der Waals surface area contributed by atoms with Gasteiger partial charge in [-0.2, -0.15) is 0 Å². The van der Waals surface area contributed by atoms with Gasteiger partial charge in [-0.05, 0) is 54.7 Å². The molecular weight excluding hydrogens is 450 g/mol. The number of benzene rings is 2. The fourth-order valence-electron chi connectivity index (χ4n) is 3.29. The molecule has 0 radical (unpaired) electrons. The molecule has 0 bridgehead atoms. The Morgan fingerprint density at radius 2 is 1.82 bits per heavy atom. The van der Waals surface area contributed by atoms with Crippen LogP contribution in [0.3, 0.4) is 0 Å². The summed E-state index contributed by atoms with van der Waals surface area (Å²) < 4.78 is 7.55. The SMILES string of the molecule is Cc1cccc(NC(=O)CSc2nnc(CNC(=O)COc3cc(C)ccc3C(C)C)n2C)c1. The molecule has 0 fully saturated rings. The van der Waals surface area contributed by atoms with Crippen molar-refractivity contribution in [3.05, 3.63) is 65.0 Å². The van der Waals surface area contributed by atoms with E-state index in [9.17, 15) is 9.59 Å². The van der Waals surface area contributed by atoms with Crippen LogP contribution in [0.4, 0.5) is 5.69 Å². The number of nitrogens with zero attached hydrogens (tertiary/aromatic N) is 3. The van der Waals surface area contributed by atoms with Crippen LogP contribution >= 0.6 is 11.8 Å². The van der Waals surface area contributed by atoms with E-state index in [1.165, 1.54) is 11.8 Å². The summed E-state index contributed by atoms with van der Waals surface area (Å²) in [4.78, 5) is 24.6. The van der Waals surface area contributed by atoms with Crippen LogP contribution in [0.25, 0.3) is 0 Å². The van der Waals surface area contributed by atoms with Gasteiger partial charge in [0, 0.05) is 12.7 Å². The molecule has 8 nitrogen and oxygen atoms in total. The van der Waals surface area contributed by atoms with Crippen LogP contribution in [0.15, 0.2) is 47.6 Å². The molecule has 1 aromatic heterocycles. The molecule has 2 N–H and O–H groups in total. The fraction of sp³-hybridized carbons (Fsp3) is 0.360. The maximum absolute atomic E-state index is 12.3. The lowest BCUT2D eigenvalue weighted by atomic mass is 10.0. The number of carbonyl (C=O) groups is 2. The van der Waals surface area contributed by atoms with Crippen LogP contribution in [-0.2, 0) is 23.2 Å². The minimum absolute atomic E-state index is 0.0816. The van der Waals surface area contributed by atoms with Gasteiger partial charge < -0.3 is 19.9 Å². The number of nitrogens with one attached hydrogen (secondary N) is 2. The third kappa shape index (κ3) is 7.08. The van der Waals surface area contributed by atoms with Gasteiger partial charge in [0.1, 0.15) is 5.75 Å². The van der Waals surface area contributed by atoms with E-state index in [2.05, 4.69) is 34.7 Å². The summed E-state index contributed by atoms with van der Waals surface area (Å²) in [5.41, 5.74) is 3.99. The molecule has 3 aromatic rings. The summed E-state index contributed by atoms with van der Waals surface area (Å²) >= 11 is 1.29. The van der Waals surface area contributed by atoms with Crippen molar-refractivity contribution >= 4 is 29.3 Å². The minimum Gasteiger partial charge on any atom is -0.483 e. The molecule has 2 aromatic carbocycles. The predicted octanol–water partition coefficient (Wildman–Crippen LogP) is 3.98. The van der Waals surface area contributed by atoms with E-state index in [1.54, 1.807) is 11.6 Å². The van der Waals surface area contributed by atoms with Crippen molar-refractivity contribution in [2.75, 3.05) is 17.7 Å². The number of thioether (sulfide) groups is 1. The van der Waals surface area contributed by atoms with Gasteiger partial charge in [0.15, 0.2) is 17.6 Å². The average Bonchev–Trinajstić information content (AvgIpc) is 3.14. The van der Waals surface area contributed by atoms with Gasteiger partial charge in [-0.15, -0.1) is 10.2 Å². The zero-order chi connectivity index (χ0) is 24.7. The van der Waals surface area contributed by atoms with Crippen LogP contribution in [-0.4, -0.2) is 38.9 Å². The van der Waals surface area contributed by atoms with Crippen LogP contribution in [0, 0.1) is 13.8 Å². The van der Waals surface area contributed by atoms with Gasteiger partial charge >= 0.3 is 0 Å². The molecule has 0 saturated heterocycles. The first-order valence-corrected chi connectivity index (χ1v) is 12.1.